The molecule has 0 aromatic heterocycles. The second-order valence-electron chi connectivity index (χ2n) is 6.30. The van der Waals surface area contributed by atoms with Crippen molar-refractivity contribution < 1.29 is 8.42 Å². The number of rotatable bonds is 5. The van der Waals surface area contributed by atoms with Gasteiger partial charge in [0.1, 0.15) is 0 Å². The fraction of sp³-hybridized carbons (Fsp3) is 0.368. The molecule has 6 heteroatoms. The summed E-state index contributed by atoms with van der Waals surface area (Å²) in [7, 11) is -3.49. The van der Waals surface area contributed by atoms with Crippen LogP contribution in [-0.4, -0.2) is 32.4 Å². The molecule has 136 valence electrons. The largest absolute Gasteiger partial charge is 0.330 e. The number of benzene rings is 2. The number of halogens is 1. The van der Waals surface area contributed by atoms with E-state index >= 15 is 0 Å². The molecule has 0 aliphatic carbocycles. The van der Waals surface area contributed by atoms with Gasteiger partial charge < -0.3 is 5.73 Å². The van der Waals surface area contributed by atoms with Gasteiger partial charge in [-0.05, 0) is 36.1 Å². The Kier molecular flexibility index (Phi) is 6.63. The third kappa shape index (κ3) is 3.90. The van der Waals surface area contributed by atoms with Gasteiger partial charge in [-0.15, -0.1) is 12.4 Å². The van der Waals surface area contributed by atoms with Crippen LogP contribution >= 0.6 is 12.4 Å². The minimum Gasteiger partial charge on any atom is -0.330 e. The lowest BCUT2D eigenvalue weighted by Crippen LogP contribution is -2.30. The molecule has 2 aromatic rings. The summed E-state index contributed by atoms with van der Waals surface area (Å²) in [6.45, 7) is 3.44. The van der Waals surface area contributed by atoms with Gasteiger partial charge in [0.15, 0.2) is 0 Å². The van der Waals surface area contributed by atoms with Crippen molar-refractivity contribution >= 4 is 22.4 Å². The van der Waals surface area contributed by atoms with Gasteiger partial charge in [-0.25, -0.2) is 8.42 Å². The Balaban J connectivity index is 0.00000225. The summed E-state index contributed by atoms with van der Waals surface area (Å²) >= 11 is 0. The monoisotopic (exact) mass is 380 g/mol. The number of aryl methyl sites for hydroxylation is 1. The van der Waals surface area contributed by atoms with E-state index in [1.165, 1.54) is 0 Å². The Morgan fingerprint density at radius 2 is 1.68 bits per heavy atom. The van der Waals surface area contributed by atoms with E-state index in [1.807, 2.05) is 37.3 Å². The molecule has 25 heavy (non-hydrogen) atoms. The second-order valence-corrected chi connectivity index (χ2v) is 8.20. The zero-order chi connectivity index (χ0) is 17.2. The van der Waals surface area contributed by atoms with Crippen molar-refractivity contribution in [2.75, 3.05) is 19.6 Å². The molecule has 0 saturated carbocycles. The van der Waals surface area contributed by atoms with Crippen molar-refractivity contribution in [3.05, 3.63) is 65.7 Å². The first-order valence-corrected chi connectivity index (χ1v) is 9.85. The predicted molar refractivity (Wildman–Crippen MR) is 104 cm³/mol. The maximum atomic E-state index is 13.1. The van der Waals surface area contributed by atoms with Crippen molar-refractivity contribution in [2.45, 2.75) is 24.2 Å². The number of hydrogen-bond acceptors (Lipinski definition) is 3. The molecule has 1 saturated heterocycles. The molecule has 1 aliphatic rings. The van der Waals surface area contributed by atoms with E-state index < -0.39 is 10.0 Å². The zero-order valence-electron chi connectivity index (χ0n) is 14.3. The minimum absolute atomic E-state index is 0. The van der Waals surface area contributed by atoms with E-state index in [1.54, 1.807) is 16.4 Å². The van der Waals surface area contributed by atoms with Crippen LogP contribution in [0, 0.1) is 5.92 Å². The van der Waals surface area contributed by atoms with E-state index in [2.05, 4.69) is 12.1 Å². The highest BCUT2D eigenvalue weighted by atomic mass is 35.5. The Morgan fingerprint density at radius 1 is 1.04 bits per heavy atom. The van der Waals surface area contributed by atoms with E-state index in [-0.39, 0.29) is 24.2 Å². The van der Waals surface area contributed by atoms with Crippen LogP contribution in [-0.2, 0) is 16.4 Å². The summed E-state index contributed by atoms with van der Waals surface area (Å²) in [5, 5.41) is 0. The van der Waals surface area contributed by atoms with Crippen LogP contribution in [0.3, 0.4) is 0 Å². The quantitative estimate of drug-likeness (QED) is 0.867. The Hall–Kier alpha value is -1.40. The average Bonchev–Trinajstić information content (AvgIpc) is 3.07. The third-order valence-electron chi connectivity index (χ3n) is 4.91. The molecule has 0 unspecified atom stereocenters. The van der Waals surface area contributed by atoms with Crippen LogP contribution in [0.25, 0.3) is 0 Å². The van der Waals surface area contributed by atoms with Crippen LogP contribution in [0.5, 0.6) is 0 Å². The fourth-order valence-electron chi connectivity index (χ4n) is 3.53. The number of sulfonamides is 1. The highest BCUT2D eigenvalue weighted by Gasteiger charge is 2.39. The molecule has 2 N–H and O–H groups in total. The van der Waals surface area contributed by atoms with Crippen molar-refractivity contribution in [3.8, 4) is 0 Å². The number of nitrogens with zero attached hydrogens (tertiary/aromatic N) is 1. The molecule has 0 amide bonds. The first-order valence-electron chi connectivity index (χ1n) is 8.41. The summed E-state index contributed by atoms with van der Waals surface area (Å²) in [5.41, 5.74) is 7.97. The highest BCUT2D eigenvalue weighted by Crippen LogP contribution is 2.35. The molecule has 2 atom stereocenters. The van der Waals surface area contributed by atoms with E-state index in [9.17, 15) is 8.42 Å². The lowest BCUT2D eigenvalue weighted by atomic mass is 9.89. The normalized spacial score (nSPS) is 21.0. The maximum Gasteiger partial charge on any atom is 0.243 e. The first kappa shape index (κ1) is 19.9. The van der Waals surface area contributed by atoms with Gasteiger partial charge in [-0.1, -0.05) is 55.5 Å². The van der Waals surface area contributed by atoms with Gasteiger partial charge in [0.2, 0.25) is 10.0 Å². The molecule has 0 bridgehead atoms. The van der Waals surface area contributed by atoms with Crippen molar-refractivity contribution in [3.63, 3.8) is 0 Å². The van der Waals surface area contributed by atoms with Crippen LogP contribution < -0.4 is 5.73 Å². The lowest BCUT2D eigenvalue weighted by molar-refractivity contribution is 0.458. The molecular formula is C19H25ClN2O2S. The van der Waals surface area contributed by atoms with Gasteiger partial charge in [0.05, 0.1) is 4.90 Å². The first-order chi connectivity index (χ1) is 11.6. The molecule has 0 radical (unpaired) electrons. The molecule has 3 rings (SSSR count). The molecular weight excluding hydrogens is 356 g/mol. The van der Waals surface area contributed by atoms with Gasteiger partial charge >= 0.3 is 0 Å². The summed E-state index contributed by atoms with van der Waals surface area (Å²) in [4.78, 5) is 0.428. The summed E-state index contributed by atoms with van der Waals surface area (Å²) < 4.78 is 27.9. The molecule has 4 nitrogen and oxygen atoms in total. The van der Waals surface area contributed by atoms with Gasteiger partial charge in [-0.3, -0.25) is 0 Å². The number of hydrogen-bond donors (Lipinski definition) is 1. The average molecular weight is 381 g/mol. The van der Waals surface area contributed by atoms with E-state index in [0.717, 1.165) is 11.1 Å². The van der Waals surface area contributed by atoms with E-state index in [0.29, 0.717) is 31.0 Å². The molecule has 1 aliphatic heterocycles. The minimum atomic E-state index is -3.49. The van der Waals surface area contributed by atoms with Gasteiger partial charge in [0, 0.05) is 19.0 Å². The molecule has 0 spiro atoms. The topological polar surface area (TPSA) is 63.4 Å². The summed E-state index contributed by atoms with van der Waals surface area (Å²) in [6, 6.07) is 17.3. The Bertz CT molecular complexity index is 796. The van der Waals surface area contributed by atoms with Crippen LogP contribution in [0.15, 0.2) is 59.5 Å². The third-order valence-corrected chi connectivity index (χ3v) is 6.84. The van der Waals surface area contributed by atoms with Crippen LogP contribution in [0.2, 0.25) is 0 Å². The SMILES string of the molecule is CCc1ccccc1S(=O)(=O)N1C[C@@H](CN)[C@H](c2ccccc2)C1.Cl. The van der Waals surface area contributed by atoms with Crippen molar-refractivity contribution in [1.82, 2.24) is 4.31 Å². The number of nitrogens with two attached hydrogens (primary N) is 1. The standard InChI is InChI=1S/C19H24N2O2S.ClH/c1-2-15-8-6-7-11-19(15)24(22,23)21-13-17(12-20)18(14-21)16-9-4-3-5-10-16;/h3-11,17-18H,2,12-14,20H2,1H3;1H/t17-,18+;/m1./s1. The van der Waals surface area contributed by atoms with Crippen molar-refractivity contribution in [1.29, 1.82) is 0 Å². The Labute approximate surface area is 156 Å². The molecule has 1 fully saturated rings. The van der Waals surface area contributed by atoms with Crippen LogP contribution in [0.4, 0.5) is 0 Å². The smallest absolute Gasteiger partial charge is 0.243 e. The Morgan fingerprint density at radius 3 is 2.32 bits per heavy atom. The fourth-order valence-corrected chi connectivity index (χ4v) is 5.35. The molecule has 1 heterocycles. The van der Waals surface area contributed by atoms with Gasteiger partial charge in [-0.2, -0.15) is 4.31 Å². The van der Waals surface area contributed by atoms with Crippen LogP contribution in [0.1, 0.15) is 24.0 Å². The maximum absolute atomic E-state index is 13.1. The highest BCUT2D eigenvalue weighted by molar-refractivity contribution is 7.89. The summed E-state index contributed by atoms with van der Waals surface area (Å²) in [5.74, 6) is 0.302. The lowest BCUT2D eigenvalue weighted by Gasteiger charge is -2.18. The van der Waals surface area contributed by atoms with E-state index in [4.69, 9.17) is 5.73 Å². The van der Waals surface area contributed by atoms with Gasteiger partial charge in [0.25, 0.3) is 0 Å². The predicted octanol–water partition coefficient (Wildman–Crippen LogP) is 3.03. The second kappa shape index (κ2) is 8.32. The summed E-state index contributed by atoms with van der Waals surface area (Å²) in [6.07, 6.45) is 0.700. The molecule has 2 aromatic carbocycles. The van der Waals surface area contributed by atoms with Crippen molar-refractivity contribution in [2.24, 2.45) is 11.7 Å². The zero-order valence-corrected chi connectivity index (χ0v) is 16.0.